The van der Waals surface area contributed by atoms with Crippen LogP contribution in [-0.2, 0) is 9.53 Å². The average molecular weight is 252 g/mol. The molecule has 1 aromatic rings. The minimum Gasteiger partial charge on any atom is -0.508 e. The van der Waals surface area contributed by atoms with E-state index in [9.17, 15) is 9.90 Å². The third-order valence-electron chi connectivity index (χ3n) is 2.50. The van der Waals surface area contributed by atoms with Crippen LogP contribution < -0.4 is 10.2 Å². The largest absolute Gasteiger partial charge is 0.508 e. The van der Waals surface area contributed by atoms with Crippen LogP contribution in [0.1, 0.15) is 6.42 Å². The standard InChI is InChI=1S/C13H20N2O3/c1-15(11-5-3-6-12(16)9-11)10-13(17)14-7-4-8-18-2/h3,5-6,9,16H,4,7-8,10H2,1-2H3,(H,14,17). The number of nitrogens with zero attached hydrogens (tertiary/aromatic N) is 1. The molecule has 0 saturated carbocycles. The van der Waals surface area contributed by atoms with E-state index < -0.39 is 0 Å². The number of phenolic OH excluding ortho intramolecular Hbond substituents is 1. The summed E-state index contributed by atoms with van der Waals surface area (Å²) in [6.45, 7) is 1.51. The average Bonchev–Trinajstić information content (AvgIpc) is 2.34. The van der Waals surface area contributed by atoms with Gasteiger partial charge in [0.15, 0.2) is 0 Å². The Bertz CT molecular complexity index is 382. The molecular weight excluding hydrogens is 232 g/mol. The van der Waals surface area contributed by atoms with Gasteiger partial charge in [-0.2, -0.15) is 0 Å². The highest BCUT2D eigenvalue weighted by Crippen LogP contribution is 2.18. The van der Waals surface area contributed by atoms with E-state index in [0.717, 1.165) is 12.1 Å². The van der Waals surface area contributed by atoms with Crippen LogP contribution in [0.3, 0.4) is 0 Å². The van der Waals surface area contributed by atoms with Crippen LogP contribution in [0.4, 0.5) is 5.69 Å². The number of amides is 1. The molecule has 0 aromatic heterocycles. The monoisotopic (exact) mass is 252 g/mol. The molecule has 0 heterocycles. The summed E-state index contributed by atoms with van der Waals surface area (Å²) in [6.07, 6.45) is 0.804. The van der Waals surface area contributed by atoms with E-state index in [4.69, 9.17) is 4.74 Å². The maximum atomic E-state index is 11.6. The fourth-order valence-electron chi connectivity index (χ4n) is 1.54. The molecular formula is C13H20N2O3. The molecule has 5 nitrogen and oxygen atoms in total. The Labute approximate surface area is 107 Å². The number of ether oxygens (including phenoxy) is 1. The van der Waals surface area contributed by atoms with Gasteiger partial charge in [-0.25, -0.2) is 0 Å². The summed E-state index contributed by atoms with van der Waals surface area (Å²) >= 11 is 0. The number of carbonyl (C=O) groups is 1. The van der Waals surface area contributed by atoms with Gasteiger partial charge in [0, 0.05) is 39.1 Å². The number of likely N-dealkylation sites (N-methyl/N-ethyl adjacent to an activating group) is 1. The molecule has 1 rings (SSSR count). The van der Waals surface area contributed by atoms with Crippen LogP contribution in [0, 0.1) is 0 Å². The number of hydrogen-bond donors (Lipinski definition) is 2. The molecule has 0 aliphatic carbocycles. The lowest BCUT2D eigenvalue weighted by Gasteiger charge is -2.18. The number of carbonyl (C=O) groups excluding carboxylic acids is 1. The van der Waals surface area contributed by atoms with Crippen molar-refractivity contribution in [1.29, 1.82) is 0 Å². The highest BCUT2D eigenvalue weighted by atomic mass is 16.5. The van der Waals surface area contributed by atoms with Crippen molar-refractivity contribution in [2.45, 2.75) is 6.42 Å². The molecule has 100 valence electrons. The zero-order chi connectivity index (χ0) is 13.4. The van der Waals surface area contributed by atoms with Crippen molar-refractivity contribution in [1.82, 2.24) is 5.32 Å². The molecule has 0 radical (unpaired) electrons. The zero-order valence-electron chi connectivity index (χ0n) is 10.8. The first-order valence-electron chi connectivity index (χ1n) is 5.89. The van der Waals surface area contributed by atoms with Gasteiger partial charge < -0.3 is 20.1 Å². The third kappa shape index (κ3) is 5.05. The topological polar surface area (TPSA) is 61.8 Å². The molecule has 0 spiro atoms. The summed E-state index contributed by atoms with van der Waals surface area (Å²) in [6, 6.07) is 6.82. The minimum absolute atomic E-state index is 0.0445. The smallest absolute Gasteiger partial charge is 0.239 e. The molecule has 0 fully saturated rings. The van der Waals surface area contributed by atoms with Gasteiger partial charge in [-0.15, -0.1) is 0 Å². The van der Waals surface area contributed by atoms with Gasteiger partial charge in [0.2, 0.25) is 5.91 Å². The van der Waals surface area contributed by atoms with Gasteiger partial charge in [-0.3, -0.25) is 4.79 Å². The lowest BCUT2D eigenvalue weighted by Crippen LogP contribution is -2.35. The Morgan fingerprint density at radius 3 is 2.94 bits per heavy atom. The summed E-state index contributed by atoms with van der Waals surface area (Å²) in [4.78, 5) is 13.4. The van der Waals surface area contributed by atoms with Crippen molar-refractivity contribution in [3.63, 3.8) is 0 Å². The SMILES string of the molecule is COCCCNC(=O)CN(C)c1cccc(O)c1. The third-order valence-corrected chi connectivity index (χ3v) is 2.50. The fourth-order valence-corrected chi connectivity index (χ4v) is 1.54. The molecule has 0 aliphatic heterocycles. The van der Waals surface area contributed by atoms with Crippen molar-refractivity contribution < 1.29 is 14.6 Å². The number of hydrogen-bond acceptors (Lipinski definition) is 4. The maximum absolute atomic E-state index is 11.6. The molecule has 1 amide bonds. The van der Waals surface area contributed by atoms with Crippen molar-refractivity contribution in [2.75, 3.05) is 38.8 Å². The molecule has 5 heteroatoms. The number of methoxy groups -OCH3 is 1. The van der Waals surface area contributed by atoms with E-state index in [0.29, 0.717) is 13.2 Å². The first-order valence-corrected chi connectivity index (χ1v) is 5.89. The minimum atomic E-state index is -0.0445. The van der Waals surface area contributed by atoms with Gasteiger partial charge in [0.1, 0.15) is 5.75 Å². The summed E-state index contributed by atoms with van der Waals surface area (Å²) in [7, 11) is 3.45. The maximum Gasteiger partial charge on any atom is 0.239 e. The Balaban J connectivity index is 2.35. The van der Waals surface area contributed by atoms with Crippen molar-refractivity contribution in [3.05, 3.63) is 24.3 Å². The Hall–Kier alpha value is -1.75. The van der Waals surface area contributed by atoms with Crippen molar-refractivity contribution in [3.8, 4) is 5.75 Å². The van der Waals surface area contributed by atoms with Crippen LogP contribution in [-0.4, -0.2) is 44.9 Å². The Kier molecular flexibility index (Phi) is 6.00. The zero-order valence-corrected chi connectivity index (χ0v) is 10.8. The van der Waals surface area contributed by atoms with Crippen LogP contribution in [0.2, 0.25) is 0 Å². The summed E-state index contributed by atoms with van der Waals surface area (Å²) < 4.78 is 4.90. The quantitative estimate of drug-likeness (QED) is 0.710. The second kappa shape index (κ2) is 7.55. The first kappa shape index (κ1) is 14.3. The second-order valence-corrected chi connectivity index (χ2v) is 4.07. The van der Waals surface area contributed by atoms with Crippen molar-refractivity contribution in [2.24, 2.45) is 0 Å². The van der Waals surface area contributed by atoms with E-state index in [1.54, 1.807) is 30.2 Å². The van der Waals surface area contributed by atoms with Gasteiger partial charge in [-0.1, -0.05) is 6.07 Å². The van der Waals surface area contributed by atoms with Crippen LogP contribution in [0.5, 0.6) is 5.75 Å². The van der Waals surface area contributed by atoms with E-state index in [-0.39, 0.29) is 18.2 Å². The Morgan fingerprint density at radius 1 is 1.50 bits per heavy atom. The summed E-state index contributed by atoms with van der Waals surface area (Å²) in [5, 5.41) is 12.2. The number of nitrogens with one attached hydrogen (secondary N) is 1. The summed E-state index contributed by atoms with van der Waals surface area (Å²) in [5.74, 6) is 0.150. The van der Waals surface area contributed by atoms with Crippen LogP contribution in [0.25, 0.3) is 0 Å². The number of benzene rings is 1. The van der Waals surface area contributed by atoms with Crippen LogP contribution >= 0.6 is 0 Å². The van der Waals surface area contributed by atoms with Gasteiger partial charge in [0.05, 0.1) is 6.54 Å². The molecule has 18 heavy (non-hydrogen) atoms. The van der Waals surface area contributed by atoms with E-state index in [2.05, 4.69) is 5.32 Å². The van der Waals surface area contributed by atoms with E-state index in [1.165, 1.54) is 0 Å². The lowest BCUT2D eigenvalue weighted by molar-refractivity contribution is -0.119. The predicted molar refractivity (Wildman–Crippen MR) is 70.9 cm³/mol. The van der Waals surface area contributed by atoms with Gasteiger partial charge in [-0.05, 0) is 18.6 Å². The molecule has 0 bridgehead atoms. The fraction of sp³-hybridized carbons (Fsp3) is 0.462. The van der Waals surface area contributed by atoms with Crippen molar-refractivity contribution >= 4 is 11.6 Å². The summed E-state index contributed by atoms with van der Waals surface area (Å²) in [5.41, 5.74) is 0.807. The predicted octanol–water partition coefficient (Wildman–Crippen LogP) is 0.981. The van der Waals surface area contributed by atoms with E-state index in [1.807, 2.05) is 13.1 Å². The molecule has 0 aliphatic rings. The second-order valence-electron chi connectivity index (χ2n) is 4.07. The first-order chi connectivity index (χ1) is 8.63. The van der Waals surface area contributed by atoms with Gasteiger partial charge >= 0.3 is 0 Å². The highest BCUT2D eigenvalue weighted by molar-refractivity contribution is 5.81. The van der Waals surface area contributed by atoms with E-state index >= 15 is 0 Å². The van der Waals surface area contributed by atoms with Gasteiger partial charge in [0.25, 0.3) is 0 Å². The highest BCUT2D eigenvalue weighted by Gasteiger charge is 2.07. The molecule has 0 atom stereocenters. The number of anilines is 1. The number of aromatic hydroxyl groups is 1. The number of rotatable bonds is 7. The lowest BCUT2D eigenvalue weighted by atomic mass is 10.3. The van der Waals surface area contributed by atoms with Crippen LogP contribution in [0.15, 0.2) is 24.3 Å². The Morgan fingerprint density at radius 2 is 2.28 bits per heavy atom. The molecule has 0 saturated heterocycles. The molecule has 2 N–H and O–H groups in total. The molecule has 0 unspecified atom stereocenters. The normalized spacial score (nSPS) is 10.1. The molecule has 1 aromatic carbocycles. The number of phenols is 1.